The van der Waals surface area contributed by atoms with Gasteiger partial charge in [0.15, 0.2) is 0 Å². The Morgan fingerprint density at radius 1 is 0.677 bits per heavy atom. The van der Waals surface area contributed by atoms with Crippen LogP contribution in [0.15, 0.2) is 146 Å². The van der Waals surface area contributed by atoms with Gasteiger partial charge in [0.1, 0.15) is 11.6 Å². The van der Waals surface area contributed by atoms with Crippen molar-refractivity contribution in [1.82, 2.24) is 24.7 Å². The molecule has 2 aromatic heterocycles. The number of fused-ring (bicyclic) bond motifs is 5. The maximum Gasteiger partial charge on any atom is 0.132 e. The number of aliphatic hydroxyl groups is 2. The van der Waals surface area contributed by atoms with Crippen molar-refractivity contribution >= 4 is 40.5 Å². The van der Waals surface area contributed by atoms with Gasteiger partial charge in [-0.15, -0.1) is 23.2 Å². The second-order valence-corrected chi connectivity index (χ2v) is 17.4. The van der Waals surface area contributed by atoms with Gasteiger partial charge in [-0.3, -0.25) is 0 Å². The molecule has 3 unspecified atom stereocenters. The number of pyridine rings is 2. The fourth-order valence-corrected chi connectivity index (χ4v) is 9.12. The van der Waals surface area contributed by atoms with Crippen LogP contribution in [0.5, 0.6) is 0 Å². The van der Waals surface area contributed by atoms with Crippen molar-refractivity contribution in [3.63, 3.8) is 0 Å². The van der Waals surface area contributed by atoms with Crippen LogP contribution in [0.3, 0.4) is 0 Å². The number of rotatable bonds is 9. The summed E-state index contributed by atoms with van der Waals surface area (Å²) >= 11 is 11.9. The van der Waals surface area contributed by atoms with Gasteiger partial charge in [-0.25, -0.2) is 9.97 Å². The van der Waals surface area contributed by atoms with Crippen molar-refractivity contribution in [2.75, 3.05) is 94.9 Å². The zero-order chi connectivity index (χ0) is 45.3. The number of benzene rings is 4. The number of aromatic nitrogens is 2. The lowest BCUT2D eigenvalue weighted by Gasteiger charge is -2.42. The number of nitrogens with two attached hydrogens (primary N) is 1. The van der Waals surface area contributed by atoms with Crippen LogP contribution in [0.25, 0.3) is 0 Å². The van der Waals surface area contributed by atoms with E-state index < -0.39 is 0 Å². The van der Waals surface area contributed by atoms with Crippen LogP contribution in [0.4, 0.5) is 17.3 Å². The monoisotopic (exact) mass is 918 g/mol. The summed E-state index contributed by atoms with van der Waals surface area (Å²) in [5.74, 6) is 2.23. The summed E-state index contributed by atoms with van der Waals surface area (Å²) < 4.78 is 0. The van der Waals surface area contributed by atoms with E-state index in [1.165, 1.54) is 28.1 Å². The standard InChI is InChI=1S/C18H22N2O.C17H19N3.C11H15Cl2N.C6H8N2O.CH4/c1-19-11-12-20(17-10-6-5-9-16(17)14-21)18(13-19)15-7-3-2-4-8-15;1-19-9-10-20-16(12-19)15-7-3-2-5-13(15)11-14-6-4-8-18-17(14)20;1-14(8-7-12)9-11(13)10-5-3-2-4-6-10;7-6-5(4-9)2-1-3-8-6;/h2-10,18,21H,11-14H2,1H3;2-8,16H,9-12H2,1H3;2-6,11H,7-9H2,1H3;1-3,9H,4H2,(H2,7,8);1H4. The fourth-order valence-electron chi connectivity index (χ4n) is 8.45. The molecule has 12 heteroatoms. The molecular weight excluding hydrogens is 852 g/mol. The topological polar surface area (TPSA) is 108 Å². The summed E-state index contributed by atoms with van der Waals surface area (Å²) in [6.45, 7) is 8.01. The molecular formula is C53H68Cl2N8O2. The predicted molar refractivity (Wildman–Crippen MR) is 272 cm³/mol. The zero-order valence-electron chi connectivity index (χ0n) is 37.4. The molecule has 0 bridgehead atoms. The number of alkyl halides is 2. The van der Waals surface area contributed by atoms with E-state index in [1.54, 1.807) is 18.3 Å². The van der Waals surface area contributed by atoms with Crippen LogP contribution < -0.4 is 15.5 Å². The molecule has 6 aromatic rings. The molecule has 0 amide bonds. The Labute approximate surface area is 397 Å². The minimum atomic E-state index is -0.0420. The van der Waals surface area contributed by atoms with E-state index in [2.05, 4.69) is 127 Å². The molecule has 65 heavy (non-hydrogen) atoms. The number of halogens is 2. The summed E-state index contributed by atoms with van der Waals surface area (Å²) in [7, 11) is 6.41. The van der Waals surface area contributed by atoms with Crippen molar-refractivity contribution in [2.45, 2.75) is 44.5 Å². The second-order valence-electron chi connectivity index (χ2n) is 16.5. The quantitative estimate of drug-likeness (QED) is 0.122. The predicted octanol–water partition coefficient (Wildman–Crippen LogP) is 9.08. The molecule has 9 rings (SSSR count). The highest BCUT2D eigenvalue weighted by atomic mass is 35.5. The second kappa shape index (κ2) is 26.2. The van der Waals surface area contributed by atoms with E-state index in [9.17, 15) is 5.11 Å². The third-order valence-corrected chi connectivity index (χ3v) is 12.5. The van der Waals surface area contributed by atoms with Gasteiger partial charge in [0.05, 0.1) is 30.7 Å². The van der Waals surface area contributed by atoms with E-state index in [0.29, 0.717) is 29.3 Å². The van der Waals surface area contributed by atoms with E-state index in [4.69, 9.17) is 34.0 Å². The van der Waals surface area contributed by atoms with E-state index in [0.717, 1.165) is 75.6 Å². The van der Waals surface area contributed by atoms with Crippen molar-refractivity contribution in [1.29, 1.82) is 0 Å². The summed E-state index contributed by atoms with van der Waals surface area (Å²) in [6.07, 6.45) is 4.51. The van der Waals surface area contributed by atoms with Crippen LogP contribution in [-0.4, -0.2) is 114 Å². The minimum Gasteiger partial charge on any atom is -0.392 e. The Morgan fingerprint density at radius 2 is 1.25 bits per heavy atom. The van der Waals surface area contributed by atoms with E-state index in [1.807, 2.05) is 55.7 Å². The fraction of sp³-hybridized carbons (Fsp3) is 0.358. The molecule has 5 heterocycles. The Morgan fingerprint density at radius 3 is 1.92 bits per heavy atom. The number of nitrogens with zero attached hydrogens (tertiary/aromatic N) is 7. The molecule has 3 aliphatic rings. The van der Waals surface area contributed by atoms with Gasteiger partial charge in [0.2, 0.25) is 0 Å². The highest BCUT2D eigenvalue weighted by molar-refractivity contribution is 6.21. The third-order valence-electron chi connectivity index (χ3n) is 12.0. The molecule has 3 atom stereocenters. The lowest BCUT2D eigenvalue weighted by atomic mass is 9.96. The zero-order valence-corrected chi connectivity index (χ0v) is 38.9. The summed E-state index contributed by atoms with van der Waals surface area (Å²) in [5.41, 5.74) is 15.0. The number of hydrogen-bond donors (Lipinski definition) is 3. The van der Waals surface area contributed by atoms with Crippen LogP contribution in [0.2, 0.25) is 0 Å². The van der Waals surface area contributed by atoms with Gasteiger partial charge in [-0.1, -0.05) is 123 Å². The number of anilines is 3. The lowest BCUT2D eigenvalue weighted by molar-refractivity contribution is 0.264. The Kier molecular flexibility index (Phi) is 20.5. The molecule has 4 aromatic carbocycles. The number of piperazine rings is 2. The number of nitrogen functional groups attached to an aromatic ring is 1. The van der Waals surface area contributed by atoms with Crippen molar-refractivity contribution < 1.29 is 10.2 Å². The molecule has 3 aliphatic heterocycles. The summed E-state index contributed by atoms with van der Waals surface area (Å²) in [4.78, 5) is 20.3. The lowest BCUT2D eigenvalue weighted by Crippen LogP contribution is -2.47. The first-order valence-electron chi connectivity index (χ1n) is 22.1. The van der Waals surface area contributed by atoms with Gasteiger partial charge >= 0.3 is 0 Å². The molecule has 0 saturated carbocycles. The first kappa shape index (κ1) is 51.0. The van der Waals surface area contributed by atoms with Crippen molar-refractivity contribution in [3.8, 4) is 0 Å². The molecule has 4 N–H and O–H groups in total. The normalized spacial score (nSPS) is 17.2. The van der Waals surface area contributed by atoms with Crippen LogP contribution in [-0.2, 0) is 19.6 Å². The summed E-state index contributed by atoms with van der Waals surface area (Å²) in [6, 6.07) is 46.3. The number of para-hydroxylation sites is 1. The Hall–Kier alpha value is -5.04. The smallest absolute Gasteiger partial charge is 0.132 e. The van der Waals surface area contributed by atoms with Crippen LogP contribution >= 0.6 is 23.2 Å². The van der Waals surface area contributed by atoms with Crippen molar-refractivity contribution in [3.05, 3.63) is 185 Å². The largest absolute Gasteiger partial charge is 0.392 e. The molecule has 0 radical (unpaired) electrons. The Bertz CT molecular complexity index is 2290. The van der Waals surface area contributed by atoms with Crippen LogP contribution in [0, 0.1) is 0 Å². The number of hydrogen-bond acceptors (Lipinski definition) is 10. The molecule has 2 saturated heterocycles. The van der Waals surface area contributed by atoms with Gasteiger partial charge in [0.25, 0.3) is 0 Å². The molecule has 0 spiro atoms. The molecule has 346 valence electrons. The van der Waals surface area contributed by atoms with E-state index >= 15 is 0 Å². The van der Waals surface area contributed by atoms with Gasteiger partial charge in [0, 0.05) is 93.9 Å². The highest BCUT2D eigenvalue weighted by Gasteiger charge is 2.33. The molecule has 0 aliphatic carbocycles. The highest BCUT2D eigenvalue weighted by Crippen LogP contribution is 2.38. The van der Waals surface area contributed by atoms with Crippen molar-refractivity contribution in [2.24, 2.45) is 0 Å². The number of likely N-dealkylation sites (N-methyl/N-ethyl adjacent to an activating group) is 3. The maximum atomic E-state index is 9.62. The van der Waals surface area contributed by atoms with Gasteiger partial charge in [-0.05, 0) is 67.2 Å². The Balaban J connectivity index is 0.000000169. The van der Waals surface area contributed by atoms with E-state index in [-0.39, 0.29) is 26.0 Å². The van der Waals surface area contributed by atoms with Gasteiger partial charge < -0.3 is 40.4 Å². The summed E-state index contributed by atoms with van der Waals surface area (Å²) in [5, 5.41) is 18.3. The first-order valence-corrected chi connectivity index (χ1v) is 23.1. The van der Waals surface area contributed by atoms with Crippen LogP contribution in [0.1, 0.15) is 63.8 Å². The first-order chi connectivity index (χ1) is 31.2. The maximum absolute atomic E-state index is 9.62. The number of aliphatic hydroxyl groups excluding tert-OH is 2. The minimum absolute atomic E-state index is 0. The van der Waals surface area contributed by atoms with Gasteiger partial charge in [-0.2, -0.15) is 0 Å². The SMILES string of the molecule is C.CN(CCCl)CC(Cl)c1ccccc1.CN1CCN(c2ccccc2CO)C(c2ccccc2)C1.CN1CCN2c3ncccc3Cc3ccccc3C2C1.Nc1ncccc1CO. The molecule has 2 fully saturated rings. The third kappa shape index (κ3) is 14.2. The molecule has 10 nitrogen and oxygen atoms in total. The average Bonchev–Trinajstić information content (AvgIpc) is 3.47. The average molecular weight is 920 g/mol.